The molecule has 0 saturated heterocycles. The van der Waals surface area contributed by atoms with Gasteiger partial charge in [-0.1, -0.05) is 26.0 Å². The van der Waals surface area contributed by atoms with Crippen LogP contribution in [-0.4, -0.2) is 58.6 Å². The van der Waals surface area contributed by atoms with Gasteiger partial charge in [-0.2, -0.15) is 13.2 Å². The van der Waals surface area contributed by atoms with Gasteiger partial charge >= 0.3 is 6.18 Å². The molecule has 0 bridgehead atoms. The van der Waals surface area contributed by atoms with E-state index in [1.54, 1.807) is 18.7 Å². The van der Waals surface area contributed by atoms with Crippen molar-refractivity contribution in [3.8, 4) is 0 Å². The first-order chi connectivity index (χ1) is 21.1. The van der Waals surface area contributed by atoms with Gasteiger partial charge in [0.05, 0.1) is 28.8 Å². The minimum absolute atomic E-state index is 0.0358. The maximum Gasteiger partial charge on any atom is 0.416 e. The predicted molar refractivity (Wildman–Crippen MR) is 161 cm³/mol. The summed E-state index contributed by atoms with van der Waals surface area (Å²) in [6.45, 7) is 8.04. The van der Waals surface area contributed by atoms with Crippen LogP contribution in [0.4, 0.5) is 22.0 Å². The Morgan fingerprint density at radius 1 is 0.911 bits per heavy atom. The summed E-state index contributed by atoms with van der Waals surface area (Å²) in [7, 11) is 0. The van der Waals surface area contributed by atoms with Gasteiger partial charge in [-0.15, -0.1) is 0 Å². The van der Waals surface area contributed by atoms with E-state index in [1.165, 1.54) is 30.6 Å². The molecule has 2 atom stereocenters. The molecule has 0 fully saturated rings. The first-order valence-electron chi connectivity index (χ1n) is 14.8. The van der Waals surface area contributed by atoms with Crippen LogP contribution in [-0.2, 0) is 18.1 Å². The zero-order valence-corrected chi connectivity index (χ0v) is 25.7. The maximum atomic E-state index is 14.0. The highest BCUT2D eigenvalue weighted by Gasteiger charge is 2.33. The number of pyridine rings is 1. The van der Waals surface area contributed by atoms with Crippen LogP contribution in [0.5, 0.6) is 0 Å². The summed E-state index contributed by atoms with van der Waals surface area (Å²) in [4.78, 5) is 32.2. The number of hydrogen-bond acceptors (Lipinski definition) is 5. The lowest BCUT2D eigenvalue weighted by molar-refractivity contribution is -0.137. The van der Waals surface area contributed by atoms with Crippen molar-refractivity contribution in [2.24, 2.45) is 0 Å². The van der Waals surface area contributed by atoms with E-state index >= 15 is 0 Å². The number of carbonyl (C=O) groups is 2. The lowest BCUT2D eigenvalue weighted by Gasteiger charge is -2.31. The van der Waals surface area contributed by atoms with Crippen LogP contribution in [0.15, 0.2) is 60.9 Å². The molecule has 2 amide bonds. The van der Waals surface area contributed by atoms with Crippen molar-refractivity contribution in [1.82, 2.24) is 20.5 Å². The van der Waals surface area contributed by atoms with Crippen molar-refractivity contribution >= 4 is 11.8 Å². The molecule has 0 unspecified atom stereocenters. The van der Waals surface area contributed by atoms with Gasteiger partial charge in [0.1, 0.15) is 11.6 Å². The van der Waals surface area contributed by atoms with Crippen LogP contribution in [0.25, 0.3) is 0 Å². The fraction of sp³-hybridized carbons (Fsp3) is 0.424. The average Bonchev–Trinajstić information content (AvgIpc) is 2.98. The van der Waals surface area contributed by atoms with Crippen LogP contribution in [0.2, 0.25) is 0 Å². The van der Waals surface area contributed by atoms with Crippen molar-refractivity contribution in [1.29, 1.82) is 0 Å². The molecule has 1 aromatic heterocycles. The number of aliphatic hydroxyl groups excluding tert-OH is 1. The van der Waals surface area contributed by atoms with Gasteiger partial charge in [0.2, 0.25) is 0 Å². The Kier molecular flexibility index (Phi) is 12.2. The van der Waals surface area contributed by atoms with E-state index < -0.39 is 47.0 Å². The molecule has 0 aliphatic heterocycles. The number of benzene rings is 2. The number of hydrogen-bond donors (Lipinski definition) is 3. The van der Waals surface area contributed by atoms with E-state index in [1.807, 2.05) is 13.8 Å². The normalized spacial score (nSPS) is 13.3. The lowest BCUT2D eigenvalue weighted by atomic mass is 9.92. The van der Waals surface area contributed by atoms with Crippen molar-refractivity contribution in [3.05, 3.63) is 100 Å². The van der Waals surface area contributed by atoms with Crippen LogP contribution in [0.1, 0.15) is 77.9 Å². The Labute approximate surface area is 259 Å². The van der Waals surface area contributed by atoms with E-state index in [9.17, 15) is 36.6 Å². The fourth-order valence-corrected chi connectivity index (χ4v) is 4.92. The molecule has 3 aromatic rings. The monoisotopic (exact) mass is 634 g/mol. The van der Waals surface area contributed by atoms with Gasteiger partial charge in [0.25, 0.3) is 11.8 Å². The van der Waals surface area contributed by atoms with Crippen LogP contribution >= 0.6 is 0 Å². The van der Waals surface area contributed by atoms with Crippen molar-refractivity contribution < 1.29 is 36.6 Å². The minimum Gasteiger partial charge on any atom is -0.390 e. The largest absolute Gasteiger partial charge is 0.416 e. The number of alkyl halides is 3. The van der Waals surface area contributed by atoms with E-state index in [-0.39, 0.29) is 35.6 Å². The molecular weight excluding hydrogens is 595 g/mol. The third-order valence-electron chi connectivity index (χ3n) is 7.35. The van der Waals surface area contributed by atoms with Gasteiger partial charge in [0, 0.05) is 43.6 Å². The second-order valence-corrected chi connectivity index (χ2v) is 11.5. The zero-order valence-electron chi connectivity index (χ0n) is 25.7. The van der Waals surface area contributed by atoms with Crippen molar-refractivity contribution in [2.75, 3.05) is 19.6 Å². The molecule has 0 spiro atoms. The molecule has 2 aromatic carbocycles. The number of rotatable bonds is 14. The SMILES string of the molecule is CCCN(CCC)C(=O)c1cncc(C(=O)N[C@@H](Cc2cc(F)cc(F)c2)[C@H](O)CNC(C)(C)c2cccc(C(F)(F)F)c2)c1. The molecular formula is C33H39F5N4O3. The van der Waals surface area contributed by atoms with Crippen LogP contribution in [0.3, 0.4) is 0 Å². The van der Waals surface area contributed by atoms with Gasteiger partial charge in [-0.25, -0.2) is 8.78 Å². The number of carbonyl (C=O) groups excluding carboxylic acids is 2. The number of nitrogens with one attached hydrogen (secondary N) is 2. The molecule has 12 heteroatoms. The molecule has 244 valence electrons. The van der Waals surface area contributed by atoms with Gasteiger partial charge < -0.3 is 20.6 Å². The maximum absolute atomic E-state index is 14.0. The van der Waals surface area contributed by atoms with E-state index in [2.05, 4.69) is 15.6 Å². The molecule has 0 aliphatic rings. The number of aliphatic hydroxyl groups is 1. The third-order valence-corrected chi connectivity index (χ3v) is 7.35. The summed E-state index contributed by atoms with van der Waals surface area (Å²) in [6.07, 6.45) is -1.96. The topological polar surface area (TPSA) is 94.6 Å². The molecule has 0 aliphatic carbocycles. The second-order valence-electron chi connectivity index (χ2n) is 11.5. The molecule has 0 saturated carbocycles. The molecule has 3 rings (SSSR count). The Morgan fingerprint density at radius 3 is 2.11 bits per heavy atom. The summed E-state index contributed by atoms with van der Waals surface area (Å²) >= 11 is 0. The van der Waals surface area contributed by atoms with Crippen molar-refractivity contribution in [3.63, 3.8) is 0 Å². The summed E-state index contributed by atoms with van der Waals surface area (Å²) in [5.41, 5.74) is -1.15. The predicted octanol–water partition coefficient (Wildman–Crippen LogP) is 5.87. The highest BCUT2D eigenvalue weighted by Crippen LogP contribution is 2.32. The fourth-order valence-electron chi connectivity index (χ4n) is 4.92. The molecule has 0 radical (unpaired) electrons. The lowest BCUT2D eigenvalue weighted by Crippen LogP contribution is -2.51. The zero-order chi connectivity index (χ0) is 33.4. The highest BCUT2D eigenvalue weighted by atomic mass is 19.4. The van der Waals surface area contributed by atoms with Crippen molar-refractivity contribution in [2.45, 2.75) is 70.8 Å². The Balaban J connectivity index is 1.84. The van der Waals surface area contributed by atoms with Gasteiger partial charge in [-0.3, -0.25) is 14.6 Å². The first kappa shape index (κ1) is 35.6. The van der Waals surface area contributed by atoms with E-state index in [4.69, 9.17) is 0 Å². The van der Waals surface area contributed by atoms with E-state index in [0.717, 1.165) is 37.1 Å². The molecule has 1 heterocycles. The molecule has 7 nitrogen and oxygen atoms in total. The Bertz CT molecular complexity index is 1440. The van der Waals surface area contributed by atoms with Crippen LogP contribution < -0.4 is 10.6 Å². The number of amides is 2. The van der Waals surface area contributed by atoms with E-state index in [0.29, 0.717) is 24.7 Å². The number of aromatic nitrogens is 1. The standard InChI is InChI=1S/C33H39F5N4O3/c1-5-10-42(11-6-2)31(45)23-15-22(18-39-19-23)30(44)41-28(14-21-12-26(34)17-27(35)13-21)29(43)20-40-32(3,4)24-8-7-9-25(16-24)33(36,37)38/h7-9,12-13,15-19,28-29,40,43H,5-6,10-11,14,20H2,1-4H3,(H,41,44)/t28-,29+/m0/s1. The smallest absolute Gasteiger partial charge is 0.390 e. The first-order valence-corrected chi connectivity index (χ1v) is 14.8. The second kappa shape index (κ2) is 15.4. The number of halogens is 5. The van der Waals surface area contributed by atoms with Gasteiger partial charge in [0.15, 0.2) is 0 Å². The number of nitrogens with zero attached hydrogens (tertiary/aromatic N) is 2. The molecule has 3 N–H and O–H groups in total. The van der Waals surface area contributed by atoms with Gasteiger partial charge in [-0.05, 0) is 74.6 Å². The molecule has 45 heavy (non-hydrogen) atoms. The minimum atomic E-state index is -4.54. The summed E-state index contributed by atoms with van der Waals surface area (Å²) in [5.74, 6) is -2.65. The average molecular weight is 635 g/mol. The third kappa shape index (κ3) is 10.1. The summed E-state index contributed by atoms with van der Waals surface area (Å²) < 4.78 is 67.9. The Hall–Kier alpha value is -3.90. The summed E-state index contributed by atoms with van der Waals surface area (Å²) in [5, 5.41) is 16.9. The summed E-state index contributed by atoms with van der Waals surface area (Å²) in [6, 6.07) is 7.92. The highest BCUT2D eigenvalue weighted by molar-refractivity contribution is 5.99. The quantitative estimate of drug-likeness (QED) is 0.193. The van der Waals surface area contributed by atoms with Crippen LogP contribution in [0, 0.1) is 11.6 Å². The Morgan fingerprint density at radius 2 is 1.51 bits per heavy atom.